The molecule has 144 valence electrons. The van der Waals surface area contributed by atoms with Gasteiger partial charge in [0.2, 0.25) is 0 Å². The number of nitrogens with zero attached hydrogens (tertiary/aromatic N) is 3. The fourth-order valence-corrected chi connectivity index (χ4v) is 3.67. The summed E-state index contributed by atoms with van der Waals surface area (Å²) in [7, 11) is -4.26. The highest BCUT2D eigenvalue weighted by Gasteiger charge is 2.25. The second kappa shape index (κ2) is 7.10. The van der Waals surface area contributed by atoms with Gasteiger partial charge in [-0.3, -0.25) is 9.78 Å². The molecule has 0 aromatic carbocycles. The molecule has 1 aliphatic rings. The monoisotopic (exact) mass is 393 g/mol. The molecule has 3 heterocycles. The molecule has 0 atom stereocenters. The lowest BCUT2D eigenvalue weighted by atomic mass is 10.1. The molecule has 0 bridgehead atoms. The van der Waals surface area contributed by atoms with Crippen molar-refractivity contribution in [3.05, 3.63) is 42.0 Å². The van der Waals surface area contributed by atoms with E-state index in [0.29, 0.717) is 22.6 Å². The van der Waals surface area contributed by atoms with E-state index in [-0.39, 0.29) is 23.2 Å². The Morgan fingerprint density at radius 3 is 2.37 bits per heavy atom. The first-order valence-corrected chi connectivity index (χ1v) is 9.68. The number of aromatic nitrogens is 2. The molecule has 11 heteroatoms. The normalized spacial score (nSPS) is 15.7. The van der Waals surface area contributed by atoms with Crippen molar-refractivity contribution in [2.24, 2.45) is 10.9 Å². The average molecular weight is 393 g/mol. The third-order valence-corrected chi connectivity index (χ3v) is 5.30. The molecule has 1 aliphatic heterocycles. The van der Waals surface area contributed by atoms with Gasteiger partial charge in [0.15, 0.2) is 5.69 Å². The van der Waals surface area contributed by atoms with Gasteiger partial charge in [0.25, 0.3) is 5.91 Å². The molecule has 0 aliphatic carbocycles. The Labute approximate surface area is 155 Å². The van der Waals surface area contributed by atoms with Crippen molar-refractivity contribution >= 4 is 22.1 Å². The van der Waals surface area contributed by atoms with Crippen LogP contribution in [0.2, 0.25) is 0 Å². The third kappa shape index (κ3) is 3.84. The SMILES string of the molecule is NC1CCN(C(=O)c2ccc(-c3ccn(S(N)(=O)=O)c3C(=O)O)cn2)CC1. The van der Waals surface area contributed by atoms with Crippen LogP contribution in [0.15, 0.2) is 30.6 Å². The predicted molar refractivity (Wildman–Crippen MR) is 96.2 cm³/mol. The lowest BCUT2D eigenvalue weighted by Crippen LogP contribution is -2.43. The number of carbonyl (C=O) groups is 2. The van der Waals surface area contributed by atoms with Gasteiger partial charge >= 0.3 is 16.2 Å². The van der Waals surface area contributed by atoms with Crippen molar-refractivity contribution < 1.29 is 23.1 Å². The van der Waals surface area contributed by atoms with E-state index in [0.717, 1.165) is 19.0 Å². The summed E-state index contributed by atoms with van der Waals surface area (Å²) in [6.07, 6.45) is 3.85. The Hall–Kier alpha value is -2.76. The first kappa shape index (κ1) is 19.0. The van der Waals surface area contributed by atoms with E-state index in [1.165, 1.54) is 24.4 Å². The molecule has 0 spiro atoms. The maximum atomic E-state index is 12.5. The Kier molecular flexibility index (Phi) is 5.00. The van der Waals surface area contributed by atoms with Crippen LogP contribution in [-0.2, 0) is 10.2 Å². The number of carbonyl (C=O) groups excluding carboxylic acids is 1. The number of hydrogen-bond donors (Lipinski definition) is 3. The summed E-state index contributed by atoms with van der Waals surface area (Å²) in [5.41, 5.74) is 6.04. The Bertz CT molecular complexity index is 975. The van der Waals surface area contributed by atoms with E-state index in [9.17, 15) is 23.1 Å². The number of rotatable bonds is 4. The minimum absolute atomic E-state index is 0.0988. The Morgan fingerprint density at radius 1 is 1.19 bits per heavy atom. The zero-order chi connectivity index (χ0) is 19.8. The highest BCUT2D eigenvalue weighted by molar-refractivity contribution is 7.87. The molecule has 1 fully saturated rings. The molecule has 1 saturated heterocycles. The fourth-order valence-electron chi connectivity index (χ4n) is 3.01. The van der Waals surface area contributed by atoms with Gasteiger partial charge in [0.05, 0.1) is 0 Å². The van der Waals surface area contributed by atoms with Crippen LogP contribution in [0.3, 0.4) is 0 Å². The molecule has 2 aromatic rings. The predicted octanol–water partition coefficient (Wildman–Crippen LogP) is -0.137. The summed E-state index contributed by atoms with van der Waals surface area (Å²) in [5, 5.41) is 14.4. The van der Waals surface area contributed by atoms with Crippen LogP contribution in [0.5, 0.6) is 0 Å². The molecule has 0 unspecified atom stereocenters. The van der Waals surface area contributed by atoms with Crippen molar-refractivity contribution in [3.8, 4) is 11.1 Å². The molecular formula is C16H19N5O5S. The fraction of sp³-hybridized carbons (Fsp3) is 0.312. The number of pyridine rings is 1. The number of aromatic carboxylic acids is 1. The lowest BCUT2D eigenvalue weighted by Gasteiger charge is -2.29. The summed E-state index contributed by atoms with van der Waals surface area (Å²) in [4.78, 5) is 29.8. The lowest BCUT2D eigenvalue weighted by molar-refractivity contribution is 0.0686. The van der Waals surface area contributed by atoms with E-state index in [1.54, 1.807) is 4.90 Å². The highest BCUT2D eigenvalue weighted by atomic mass is 32.2. The van der Waals surface area contributed by atoms with Gasteiger partial charge < -0.3 is 15.7 Å². The number of carboxylic acids is 1. The number of carboxylic acid groups (broad SMARTS) is 1. The van der Waals surface area contributed by atoms with Crippen molar-refractivity contribution in [1.29, 1.82) is 0 Å². The minimum Gasteiger partial charge on any atom is -0.477 e. The van der Waals surface area contributed by atoms with Gasteiger partial charge in [-0.15, -0.1) is 0 Å². The first-order valence-electron chi connectivity index (χ1n) is 8.17. The van der Waals surface area contributed by atoms with Gasteiger partial charge in [-0.05, 0) is 25.0 Å². The standard InChI is InChI=1S/C16H19N5O5S/c17-11-3-6-20(7-4-11)15(22)13-2-1-10(9-19-13)12-5-8-21(27(18,25)26)14(12)16(23)24/h1-2,5,8-9,11H,3-4,6-7,17H2,(H,23,24)(H2,18,25,26). The molecule has 2 aromatic heterocycles. The highest BCUT2D eigenvalue weighted by Crippen LogP contribution is 2.25. The van der Waals surface area contributed by atoms with E-state index >= 15 is 0 Å². The van der Waals surface area contributed by atoms with Crippen LogP contribution in [-0.4, -0.2) is 58.4 Å². The largest absolute Gasteiger partial charge is 0.477 e. The topological polar surface area (TPSA) is 162 Å². The molecule has 0 radical (unpaired) electrons. The molecule has 10 nitrogen and oxygen atoms in total. The molecule has 5 N–H and O–H groups in total. The van der Waals surface area contributed by atoms with E-state index in [2.05, 4.69) is 4.98 Å². The van der Waals surface area contributed by atoms with Crippen molar-refractivity contribution in [2.45, 2.75) is 18.9 Å². The number of likely N-dealkylation sites (tertiary alicyclic amines) is 1. The van der Waals surface area contributed by atoms with Gasteiger partial charge in [-0.25, -0.2) is 13.9 Å². The van der Waals surface area contributed by atoms with Crippen LogP contribution < -0.4 is 10.9 Å². The first-order chi connectivity index (χ1) is 12.7. The second-order valence-electron chi connectivity index (χ2n) is 6.29. The molecule has 1 amide bonds. The molecule has 27 heavy (non-hydrogen) atoms. The summed E-state index contributed by atoms with van der Waals surface area (Å²) in [6.45, 7) is 1.12. The average Bonchev–Trinajstić information content (AvgIpc) is 3.08. The molecular weight excluding hydrogens is 374 g/mol. The van der Waals surface area contributed by atoms with Gasteiger partial charge in [-0.2, -0.15) is 8.42 Å². The van der Waals surface area contributed by atoms with E-state index in [1.807, 2.05) is 0 Å². The smallest absolute Gasteiger partial charge is 0.354 e. The third-order valence-electron chi connectivity index (χ3n) is 4.45. The van der Waals surface area contributed by atoms with Crippen LogP contribution in [0, 0.1) is 0 Å². The van der Waals surface area contributed by atoms with Crippen LogP contribution in [0.4, 0.5) is 0 Å². The maximum Gasteiger partial charge on any atom is 0.354 e. The van der Waals surface area contributed by atoms with E-state index in [4.69, 9.17) is 10.9 Å². The Morgan fingerprint density at radius 2 is 1.85 bits per heavy atom. The summed E-state index contributed by atoms with van der Waals surface area (Å²) in [5.74, 6) is -1.68. The van der Waals surface area contributed by atoms with Gasteiger partial charge in [0, 0.05) is 42.7 Å². The second-order valence-corrected chi connectivity index (χ2v) is 7.71. The van der Waals surface area contributed by atoms with Crippen LogP contribution in [0.1, 0.15) is 33.8 Å². The number of piperidine rings is 1. The molecule has 0 saturated carbocycles. The quantitative estimate of drug-likeness (QED) is 0.651. The number of amides is 1. The van der Waals surface area contributed by atoms with Crippen molar-refractivity contribution in [2.75, 3.05) is 13.1 Å². The summed E-state index contributed by atoms with van der Waals surface area (Å²) >= 11 is 0. The van der Waals surface area contributed by atoms with Gasteiger partial charge in [0.1, 0.15) is 5.69 Å². The van der Waals surface area contributed by atoms with Crippen molar-refractivity contribution in [1.82, 2.24) is 13.9 Å². The van der Waals surface area contributed by atoms with Crippen LogP contribution >= 0.6 is 0 Å². The van der Waals surface area contributed by atoms with E-state index < -0.39 is 21.9 Å². The van der Waals surface area contributed by atoms with Gasteiger partial charge in [-0.1, -0.05) is 6.07 Å². The maximum absolute atomic E-state index is 12.5. The van der Waals surface area contributed by atoms with Crippen molar-refractivity contribution in [3.63, 3.8) is 0 Å². The number of hydrogen-bond acceptors (Lipinski definition) is 6. The van der Waals surface area contributed by atoms with Crippen LogP contribution in [0.25, 0.3) is 11.1 Å². The summed E-state index contributed by atoms with van der Waals surface area (Å²) in [6, 6.07) is 4.41. The number of nitrogens with two attached hydrogens (primary N) is 2. The zero-order valence-corrected chi connectivity index (χ0v) is 15.1. The summed E-state index contributed by atoms with van der Waals surface area (Å²) < 4.78 is 23.6. The Balaban J connectivity index is 1.89. The minimum atomic E-state index is -4.26. The molecule has 3 rings (SSSR count). The zero-order valence-electron chi connectivity index (χ0n) is 14.3.